The van der Waals surface area contributed by atoms with Crippen molar-refractivity contribution in [2.45, 2.75) is 19.6 Å². The van der Waals surface area contributed by atoms with Crippen molar-refractivity contribution in [2.24, 2.45) is 0 Å². The molecule has 6 rings (SSSR count). The van der Waals surface area contributed by atoms with Crippen LogP contribution in [0.15, 0.2) is 177 Å². The molecule has 45 heavy (non-hydrogen) atoms. The van der Waals surface area contributed by atoms with Crippen molar-refractivity contribution < 1.29 is 25.2 Å². The molecule has 6 aromatic rings. The number of thiol groups is 1. The van der Waals surface area contributed by atoms with Crippen LogP contribution in [0.4, 0.5) is 25.2 Å². The third kappa shape index (κ3) is 11.2. The van der Waals surface area contributed by atoms with Crippen molar-refractivity contribution in [3.63, 3.8) is 0 Å². The Morgan fingerprint density at radius 3 is 0.933 bits per heavy atom. The maximum absolute atomic E-state index is 10.7. The first-order valence-corrected chi connectivity index (χ1v) is 17.5. The van der Waals surface area contributed by atoms with E-state index in [1.54, 1.807) is 11.8 Å². The SMILES string of the molecule is F[P-](F)(F)(F)(F)F.c1ccc(-c2ccc(Sc3ccc([SH+]c4ccc(-c5ccc(-c6ccccc6)cc5)cc4)cc3)cc2)cc1. The Morgan fingerprint density at radius 1 is 0.333 bits per heavy atom. The molecule has 0 aliphatic carbocycles. The predicted molar refractivity (Wildman–Crippen MR) is 179 cm³/mol. The normalized spacial score (nSPS) is 12.8. The molecular formula is C36H27F6PS2. The van der Waals surface area contributed by atoms with E-state index < -0.39 is 7.81 Å². The zero-order chi connectivity index (χ0) is 32.0. The van der Waals surface area contributed by atoms with Crippen LogP contribution in [-0.4, -0.2) is 0 Å². The Morgan fingerprint density at radius 2 is 0.578 bits per heavy atom. The Kier molecular flexibility index (Phi) is 9.22. The summed E-state index contributed by atoms with van der Waals surface area (Å²) in [6, 6.07) is 56.5. The van der Waals surface area contributed by atoms with Crippen LogP contribution >= 0.6 is 19.6 Å². The Labute approximate surface area is 266 Å². The molecule has 0 bridgehead atoms. The van der Waals surface area contributed by atoms with Crippen molar-refractivity contribution in [2.75, 3.05) is 0 Å². The van der Waals surface area contributed by atoms with E-state index in [0.717, 1.165) is 0 Å². The fourth-order valence-corrected chi connectivity index (χ4v) is 6.14. The molecule has 0 nitrogen and oxygen atoms in total. The zero-order valence-electron chi connectivity index (χ0n) is 23.6. The van der Waals surface area contributed by atoms with E-state index in [9.17, 15) is 25.2 Å². The van der Waals surface area contributed by atoms with E-state index in [2.05, 4.69) is 158 Å². The minimum atomic E-state index is -10.7. The number of benzene rings is 6. The average Bonchev–Trinajstić information content (AvgIpc) is 3.02. The van der Waals surface area contributed by atoms with Gasteiger partial charge in [0, 0.05) is 21.6 Å². The molecular weight excluding hydrogens is 641 g/mol. The Balaban J connectivity index is 0.000000515. The van der Waals surface area contributed by atoms with Crippen LogP contribution in [0.3, 0.4) is 0 Å². The summed E-state index contributed by atoms with van der Waals surface area (Å²) in [5.41, 5.74) is 7.48. The van der Waals surface area contributed by atoms with Crippen LogP contribution < -0.4 is 0 Å². The summed E-state index contributed by atoms with van der Waals surface area (Å²) in [4.78, 5) is 5.10. The van der Waals surface area contributed by atoms with Crippen molar-refractivity contribution in [3.05, 3.63) is 158 Å². The van der Waals surface area contributed by atoms with Crippen molar-refractivity contribution in [1.82, 2.24) is 0 Å². The second-order valence-corrected chi connectivity index (χ2v) is 14.4. The quantitative estimate of drug-likeness (QED) is 0.0706. The molecule has 0 saturated heterocycles. The standard InChI is InChI=1S/C36H26S2.F6P/c1-3-7-27(8-4-1)29-11-13-30(14-12-29)32-17-21-34(22-18-32)38-36-25-23-35(24-26-36)37-33-19-15-31(16-20-33)28-9-5-2-6-10-28;1-7(2,3,4,5)6/h1-26H;/q;-1/p+1. The third-order valence-corrected chi connectivity index (χ3v) is 8.61. The summed E-state index contributed by atoms with van der Waals surface area (Å²) in [5, 5.41) is 0. The molecule has 0 unspecified atom stereocenters. The van der Waals surface area contributed by atoms with Crippen LogP contribution in [-0.2, 0) is 11.8 Å². The summed E-state index contributed by atoms with van der Waals surface area (Å²) < 4.78 is 59.2. The minimum Gasteiger partial charge on any atom is -0.0901 e. The fraction of sp³-hybridized carbons (Fsp3) is 0. The molecule has 9 heteroatoms. The Hall–Kier alpha value is -3.97. The van der Waals surface area contributed by atoms with Gasteiger partial charge in [-0.1, -0.05) is 109 Å². The number of rotatable bonds is 7. The van der Waals surface area contributed by atoms with E-state index in [1.807, 2.05) is 0 Å². The van der Waals surface area contributed by atoms with E-state index >= 15 is 0 Å². The van der Waals surface area contributed by atoms with Crippen molar-refractivity contribution in [3.8, 4) is 33.4 Å². The Bertz CT molecular complexity index is 1820. The van der Waals surface area contributed by atoms with Crippen LogP contribution in [0.25, 0.3) is 33.4 Å². The molecule has 0 aromatic heterocycles. The number of hydrogen-bond donors (Lipinski definition) is 0. The van der Waals surface area contributed by atoms with Gasteiger partial charge >= 0.3 is 33.0 Å². The van der Waals surface area contributed by atoms with Crippen LogP contribution in [0.2, 0.25) is 0 Å². The van der Waals surface area contributed by atoms with Gasteiger partial charge in [0.25, 0.3) is 0 Å². The molecule has 0 N–H and O–H groups in total. The summed E-state index contributed by atoms with van der Waals surface area (Å²) in [6.07, 6.45) is 0. The van der Waals surface area contributed by atoms with Gasteiger partial charge in [0.05, 0.1) is 0 Å². The maximum atomic E-state index is 9.87. The number of hydrogen-bond acceptors (Lipinski definition) is 1. The molecule has 0 amide bonds. The van der Waals surface area contributed by atoms with E-state index in [-0.39, 0.29) is 0 Å². The smallest absolute Gasteiger partial charge is 0.0901 e. The molecule has 0 heterocycles. The molecule has 0 aliphatic rings. The van der Waals surface area contributed by atoms with Gasteiger partial charge < -0.3 is 0 Å². The van der Waals surface area contributed by atoms with Crippen LogP contribution in [0, 0.1) is 0 Å². The van der Waals surface area contributed by atoms with Gasteiger partial charge in [0.2, 0.25) is 0 Å². The molecule has 0 fully saturated rings. The van der Waals surface area contributed by atoms with Gasteiger partial charge in [-0.05, 0) is 94.0 Å². The monoisotopic (exact) mass is 668 g/mol. The van der Waals surface area contributed by atoms with Gasteiger partial charge in [0.1, 0.15) is 0 Å². The van der Waals surface area contributed by atoms with Crippen LogP contribution in [0.5, 0.6) is 0 Å². The second kappa shape index (κ2) is 12.8. The molecule has 6 aromatic carbocycles. The largest absolute Gasteiger partial charge is 0.158 e. The van der Waals surface area contributed by atoms with Crippen molar-refractivity contribution in [1.29, 1.82) is 0 Å². The van der Waals surface area contributed by atoms with Gasteiger partial charge in [-0.2, -0.15) is 0 Å². The molecule has 230 valence electrons. The second-order valence-electron chi connectivity index (χ2n) is 10.0. The molecule has 0 aliphatic heterocycles. The van der Waals surface area contributed by atoms with Gasteiger partial charge in [0.15, 0.2) is 9.79 Å². The summed E-state index contributed by atoms with van der Waals surface area (Å²) in [5.74, 6) is 0. The minimum absolute atomic E-state index is 1.22. The summed E-state index contributed by atoms with van der Waals surface area (Å²) >= 11 is 3.02. The number of halogens is 6. The average molecular weight is 669 g/mol. The topological polar surface area (TPSA) is 0 Å². The van der Waals surface area contributed by atoms with Gasteiger partial charge in [-0.25, -0.2) is 0 Å². The van der Waals surface area contributed by atoms with E-state index in [4.69, 9.17) is 0 Å². The summed E-state index contributed by atoms with van der Waals surface area (Å²) in [7, 11) is -10.7. The van der Waals surface area contributed by atoms with Crippen LogP contribution in [0.1, 0.15) is 0 Å². The summed E-state index contributed by atoms with van der Waals surface area (Å²) in [6.45, 7) is 0. The molecule has 0 saturated carbocycles. The first-order valence-electron chi connectivity index (χ1n) is 13.7. The zero-order valence-corrected chi connectivity index (χ0v) is 26.2. The third-order valence-electron chi connectivity index (χ3n) is 6.48. The van der Waals surface area contributed by atoms with E-state index in [1.165, 1.54) is 64.7 Å². The predicted octanol–water partition coefficient (Wildman–Crippen LogP) is 13.5. The first-order chi connectivity index (χ1) is 21.2. The fourth-order valence-electron chi connectivity index (χ4n) is 4.43. The van der Waals surface area contributed by atoms with Gasteiger partial charge in [-0.15, -0.1) is 0 Å². The van der Waals surface area contributed by atoms with Gasteiger partial charge in [-0.3, -0.25) is 0 Å². The van der Waals surface area contributed by atoms with E-state index in [0.29, 0.717) is 0 Å². The first kappa shape index (κ1) is 32.4. The molecule has 0 spiro atoms. The molecule has 0 radical (unpaired) electrons. The van der Waals surface area contributed by atoms with Crippen molar-refractivity contribution >= 4 is 31.3 Å². The molecule has 0 atom stereocenters. The maximum Gasteiger partial charge on any atom is 0.158 e.